The van der Waals surface area contributed by atoms with Crippen LogP contribution in [0.2, 0.25) is 0 Å². The van der Waals surface area contributed by atoms with Crippen LogP contribution in [0.15, 0.2) is 60.8 Å². The Hall–Kier alpha value is -2.55. The lowest BCUT2D eigenvalue weighted by Gasteiger charge is -2.05. The minimum Gasteiger partial charge on any atom is -0.493 e. The van der Waals surface area contributed by atoms with Crippen LogP contribution in [-0.2, 0) is 0 Å². The molecule has 0 aliphatic carbocycles. The molecule has 1 heterocycles. The molecule has 0 saturated carbocycles. The first kappa shape index (κ1) is 11.5. The zero-order valence-electron chi connectivity index (χ0n) is 10.6. The summed E-state index contributed by atoms with van der Waals surface area (Å²) in [7, 11) is 0. The van der Waals surface area contributed by atoms with E-state index in [0.29, 0.717) is 0 Å². The smallest absolute Gasteiger partial charge is 0.222 e. The van der Waals surface area contributed by atoms with E-state index >= 15 is 0 Å². The van der Waals surface area contributed by atoms with Crippen LogP contribution in [0.1, 0.15) is 5.56 Å². The number of aromatic hydroxyl groups is 1. The standard InChI is InChI=1S/C16H14N2O/c1-12-6-5-9-14(10-12)18-16(19)15(11-17-18)13-7-3-2-4-8-13/h2-11,19H,1H3. The van der Waals surface area contributed by atoms with Gasteiger partial charge in [-0.15, -0.1) is 0 Å². The molecule has 0 aliphatic rings. The Bertz CT molecular complexity index is 702. The summed E-state index contributed by atoms with van der Waals surface area (Å²) in [6.45, 7) is 2.02. The van der Waals surface area contributed by atoms with Crippen LogP contribution < -0.4 is 0 Å². The molecule has 3 nitrogen and oxygen atoms in total. The zero-order valence-corrected chi connectivity index (χ0v) is 10.6. The molecule has 0 fully saturated rings. The minimum atomic E-state index is 0.164. The molecule has 1 N–H and O–H groups in total. The molecule has 2 aromatic carbocycles. The number of aromatic nitrogens is 2. The summed E-state index contributed by atoms with van der Waals surface area (Å²) in [6.07, 6.45) is 1.69. The predicted octanol–water partition coefficient (Wildman–Crippen LogP) is 3.55. The van der Waals surface area contributed by atoms with Gasteiger partial charge in [0.15, 0.2) is 0 Å². The average molecular weight is 250 g/mol. The molecule has 0 bridgehead atoms. The van der Waals surface area contributed by atoms with Crippen LogP contribution in [0, 0.1) is 6.92 Å². The maximum atomic E-state index is 10.3. The first-order valence-corrected chi connectivity index (χ1v) is 6.15. The van der Waals surface area contributed by atoms with Crippen LogP contribution in [-0.4, -0.2) is 14.9 Å². The fourth-order valence-electron chi connectivity index (χ4n) is 2.11. The topological polar surface area (TPSA) is 38.0 Å². The Kier molecular flexibility index (Phi) is 2.80. The van der Waals surface area contributed by atoms with Crippen molar-refractivity contribution in [2.75, 3.05) is 0 Å². The number of hydrogen-bond acceptors (Lipinski definition) is 2. The highest BCUT2D eigenvalue weighted by molar-refractivity contribution is 5.68. The quantitative estimate of drug-likeness (QED) is 0.755. The molecule has 3 heteroatoms. The van der Waals surface area contributed by atoms with Gasteiger partial charge in [-0.3, -0.25) is 0 Å². The molecule has 0 aliphatic heterocycles. The number of rotatable bonds is 2. The van der Waals surface area contributed by atoms with Crippen molar-refractivity contribution in [3.8, 4) is 22.7 Å². The second-order valence-corrected chi connectivity index (χ2v) is 4.50. The molecule has 3 rings (SSSR count). The number of nitrogens with zero attached hydrogens (tertiary/aromatic N) is 2. The van der Waals surface area contributed by atoms with Crippen molar-refractivity contribution in [2.45, 2.75) is 6.92 Å². The Morgan fingerprint density at radius 2 is 1.79 bits per heavy atom. The Labute approximate surface area is 111 Å². The molecule has 3 aromatic rings. The second-order valence-electron chi connectivity index (χ2n) is 4.50. The van der Waals surface area contributed by atoms with Crippen molar-refractivity contribution < 1.29 is 5.11 Å². The van der Waals surface area contributed by atoms with Gasteiger partial charge in [0.05, 0.1) is 17.4 Å². The fourth-order valence-corrected chi connectivity index (χ4v) is 2.11. The summed E-state index contributed by atoms with van der Waals surface area (Å²) in [5.74, 6) is 0.164. The van der Waals surface area contributed by atoms with Gasteiger partial charge in [0.1, 0.15) is 0 Å². The van der Waals surface area contributed by atoms with Crippen LogP contribution >= 0.6 is 0 Å². The summed E-state index contributed by atoms with van der Waals surface area (Å²) in [6, 6.07) is 17.6. The highest BCUT2D eigenvalue weighted by Gasteiger charge is 2.12. The number of hydrogen-bond donors (Lipinski definition) is 1. The van der Waals surface area contributed by atoms with Gasteiger partial charge in [-0.1, -0.05) is 42.5 Å². The summed E-state index contributed by atoms with van der Waals surface area (Å²) < 4.78 is 1.55. The number of benzene rings is 2. The third kappa shape index (κ3) is 2.10. The van der Waals surface area contributed by atoms with Crippen LogP contribution in [0.25, 0.3) is 16.8 Å². The molecule has 0 radical (unpaired) electrons. The van der Waals surface area contributed by atoms with Crippen molar-refractivity contribution in [2.24, 2.45) is 0 Å². The summed E-state index contributed by atoms with van der Waals surface area (Å²) in [5, 5.41) is 14.6. The highest BCUT2D eigenvalue weighted by Crippen LogP contribution is 2.30. The minimum absolute atomic E-state index is 0.164. The Morgan fingerprint density at radius 3 is 2.53 bits per heavy atom. The van der Waals surface area contributed by atoms with Crippen LogP contribution in [0.4, 0.5) is 0 Å². The third-order valence-corrected chi connectivity index (χ3v) is 3.07. The van der Waals surface area contributed by atoms with Gasteiger partial charge in [-0.05, 0) is 30.2 Å². The lowest BCUT2D eigenvalue weighted by molar-refractivity contribution is 0.435. The monoisotopic (exact) mass is 250 g/mol. The summed E-state index contributed by atoms with van der Waals surface area (Å²) in [5.41, 5.74) is 3.69. The van der Waals surface area contributed by atoms with E-state index in [9.17, 15) is 5.11 Å². The van der Waals surface area contributed by atoms with Gasteiger partial charge in [0, 0.05) is 0 Å². The first-order chi connectivity index (χ1) is 9.25. The zero-order chi connectivity index (χ0) is 13.2. The van der Waals surface area contributed by atoms with E-state index in [2.05, 4.69) is 5.10 Å². The maximum Gasteiger partial charge on any atom is 0.222 e. The van der Waals surface area contributed by atoms with E-state index in [1.807, 2.05) is 61.5 Å². The molecular formula is C16H14N2O. The van der Waals surface area contributed by atoms with Crippen LogP contribution in [0.3, 0.4) is 0 Å². The van der Waals surface area contributed by atoms with Crippen molar-refractivity contribution in [1.82, 2.24) is 9.78 Å². The molecule has 0 unspecified atom stereocenters. The Morgan fingerprint density at radius 1 is 1.00 bits per heavy atom. The van der Waals surface area contributed by atoms with E-state index in [0.717, 1.165) is 22.4 Å². The molecule has 0 saturated heterocycles. The van der Waals surface area contributed by atoms with Gasteiger partial charge in [-0.2, -0.15) is 5.10 Å². The van der Waals surface area contributed by atoms with Crippen molar-refractivity contribution in [3.63, 3.8) is 0 Å². The third-order valence-electron chi connectivity index (χ3n) is 3.07. The molecule has 94 valence electrons. The van der Waals surface area contributed by atoms with E-state index in [1.54, 1.807) is 10.9 Å². The van der Waals surface area contributed by atoms with E-state index < -0.39 is 0 Å². The molecule has 19 heavy (non-hydrogen) atoms. The average Bonchev–Trinajstić information content (AvgIpc) is 2.81. The molecule has 0 spiro atoms. The van der Waals surface area contributed by atoms with Gasteiger partial charge in [0.25, 0.3) is 0 Å². The molecular weight excluding hydrogens is 236 g/mol. The predicted molar refractivity (Wildman–Crippen MR) is 75.4 cm³/mol. The molecule has 1 aromatic heterocycles. The Balaban J connectivity index is 2.09. The molecule has 0 amide bonds. The van der Waals surface area contributed by atoms with Gasteiger partial charge < -0.3 is 5.11 Å². The largest absolute Gasteiger partial charge is 0.493 e. The summed E-state index contributed by atoms with van der Waals surface area (Å²) >= 11 is 0. The van der Waals surface area contributed by atoms with E-state index in [4.69, 9.17) is 0 Å². The second kappa shape index (κ2) is 4.61. The van der Waals surface area contributed by atoms with Crippen molar-refractivity contribution in [1.29, 1.82) is 0 Å². The van der Waals surface area contributed by atoms with Crippen molar-refractivity contribution in [3.05, 3.63) is 66.4 Å². The summed E-state index contributed by atoms with van der Waals surface area (Å²) in [4.78, 5) is 0. The van der Waals surface area contributed by atoms with E-state index in [-0.39, 0.29) is 5.88 Å². The van der Waals surface area contributed by atoms with Crippen LogP contribution in [0.5, 0.6) is 5.88 Å². The van der Waals surface area contributed by atoms with Gasteiger partial charge in [-0.25, -0.2) is 4.68 Å². The highest BCUT2D eigenvalue weighted by atomic mass is 16.3. The maximum absolute atomic E-state index is 10.3. The lowest BCUT2D eigenvalue weighted by Crippen LogP contribution is -1.95. The molecule has 0 atom stereocenters. The fraction of sp³-hybridized carbons (Fsp3) is 0.0625. The van der Waals surface area contributed by atoms with Gasteiger partial charge >= 0.3 is 0 Å². The normalized spacial score (nSPS) is 10.6. The van der Waals surface area contributed by atoms with E-state index in [1.165, 1.54) is 0 Å². The SMILES string of the molecule is Cc1cccc(-n2ncc(-c3ccccc3)c2O)c1. The lowest BCUT2D eigenvalue weighted by atomic mass is 10.1. The number of aryl methyl sites for hydroxylation is 1. The first-order valence-electron chi connectivity index (χ1n) is 6.15. The van der Waals surface area contributed by atoms with Crippen molar-refractivity contribution >= 4 is 0 Å². The van der Waals surface area contributed by atoms with Gasteiger partial charge in [0.2, 0.25) is 5.88 Å².